The third-order valence-electron chi connectivity index (χ3n) is 2.34. The van der Waals surface area contributed by atoms with Crippen molar-refractivity contribution in [3.05, 3.63) is 18.2 Å². The lowest BCUT2D eigenvalue weighted by Gasteiger charge is -2.17. The molecule has 0 aromatic heterocycles. The topological polar surface area (TPSA) is 89.0 Å². The van der Waals surface area contributed by atoms with Gasteiger partial charge in [0.15, 0.2) is 0 Å². The number of Topliss-reactive ketones (excluding diaryl/α,β-unsaturated/α-hetero) is 1. The maximum Gasteiger partial charge on any atom is 0.441 e. The predicted octanol–water partition coefficient (Wildman–Crippen LogP) is 1.41. The summed E-state index contributed by atoms with van der Waals surface area (Å²) >= 11 is 0. The number of rotatable bonds is 9. The van der Waals surface area contributed by atoms with Crippen LogP contribution in [0.1, 0.15) is 26.7 Å². The van der Waals surface area contributed by atoms with Gasteiger partial charge in [-0.25, -0.2) is 4.79 Å². The van der Waals surface area contributed by atoms with E-state index in [9.17, 15) is 9.59 Å². The molecule has 19 heavy (non-hydrogen) atoms. The molecule has 0 bridgehead atoms. The summed E-state index contributed by atoms with van der Waals surface area (Å²) in [5.74, 6) is -1.24. The highest BCUT2D eigenvalue weighted by Crippen LogP contribution is 2.12. The second-order valence-corrected chi connectivity index (χ2v) is 4.44. The van der Waals surface area contributed by atoms with Crippen LogP contribution in [0.15, 0.2) is 12.7 Å². The van der Waals surface area contributed by atoms with E-state index in [1.807, 2.05) is 13.8 Å². The maximum absolute atomic E-state index is 11.8. The molecule has 0 radical (unpaired) electrons. The van der Waals surface area contributed by atoms with Crippen LogP contribution >= 0.6 is 0 Å². The molecule has 0 fully saturated rings. The fraction of sp³-hybridized carbons (Fsp3) is 0.615. The van der Waals surface area contributed by atoms with Crippen molar-refractivity contribution in [3.63, 3.8) is 0 Å². The number of carbonyl (C=O) groups excluding carboxylic acids is 2. The molecule has 0 amide bonds. The minimum absolute atomic E-state index is 0.0412. The minimum Gasteiger partial charge on any atom is -0.460 e. The van der Waals surface area contributed by atoms with Crippen molar-refractivity contribution >= 4 is 17.5 Å². The molecule has 0 unspecified atom stereocenters. The van der Waals surface area contributed by atoms with Crippen molar-refractivity contribution in [2.24, 2.45) is 5.92 Å². The fourth-order valence-electron chi connectivity index (χ4n) is 1.55. The van der Waals surface area contributed by atoms with Gasteiger partial charge in [-0.1, -0.05) is 19.9 Å². The van der Waals surface area contributed by atoms with Crippen LogP contribution in [0.2, 0.25) is 0 Å². The quantitative estimate of drug-likeness (QED) is 0.158. The van der Waals surface area contributed by atoms with Gasteiger partial charge in [-0.05, 0) is 12.3 Å². The zero-order valence-electron chi connectivity index (χ0n) is 11.6. The molecule has 6 heteroatoms. The Morgan fingerprint density at radius 1 is 1.42 bits per heavy atom. The van der Waals surface area contributed by atoms with E-state index in [2.05, 4.69) is 16.1 Å². The van der Waals surface area contributed by atoms with Gasteiger partial charge in [0.2, 0.25) is 0 Å². The van der Waals surface area contributed by atoms with E-state index in [1.54, 1.807) is 6.08 Å². The molecular weight excluding hydrogens is 248 g/mol. The molecule has 0 aromatic rings. The molecule has 0 spiro atoms. The van der Waals surface area contributed by atoms with Gasteiger partial charge < -0.3 is 15.0 Å². The average Bonchev–Trinajstić information content (AvgIpc) is 2.35. The van der Waals surface area contributed by atoms with E-state index >= 15 is 0 Å². The Kier molecular flexibility index (Phi) is 8.33. The molecule has 0 aliphatic heterocycles. The summed E-state index contributed by atoms with van der Waals surface area (Å²) in [5.41, 5.74) is 8.07. The lowest BCUT2D eigenvalue weighted by atomic mass is 10.00. The molecule has 106 valence electrons. The normalized spacial score (nSPS) is 11.6. The van der Waals surface area contributed by atoms with Gasteiger partial charge in [0.1, 0.15) is 0 Å². The van der Waals surface area contributed by atoms with Crippen molar-refractivity contribution in [2.45, 2.75) is 32.8 Å². The number of ketones is 1. The zero-order valence-corrected chi connectivity index (χ0v) is 11.6. The Balaban J connectivity index is 4.72. The van der Waals surface area contributed by atoms with Crippen LogP contribution in [0.4, 0.5) is 0 Å². The lowest BCUT2D eigenvalue weighted by molar-refractivity contribution is -0.140. The van der Waals surface area contributed by atoms with Crippen molar-refractivity contribution in [1.82, 2.24) is 0 Å². The highest BCUT2D eigenvalue weighted by Gasteiger charge is 2.32. The zero-order chi connectivity index (χ0) is 14.8. The highest BCUT2D eigenvalue weighted by atomic mass is 16.5. The standard InChI is InChI=1S/C13H20N2O4/c1-5-6-19-10(7-9(2)3)8-11(16)12(15-14)13(17)18-4/h5,9-10H,1,6-8H2,2-4H3/t10-/m0/s1. The van der Waals surface area contributed by atoms with E-state index in [4.69, 9.17) is 10.3 Å². The van der Waals surface area contributed by atoms with Gasteiger partial charge in [-0.3, -0.25) is 4.79 Å². The summed E-state index contributed by atoms with van der Waals surface area (Å²) in [6.45, 7) is 7.84. The largest absolute Gasteiger partial charge is 0.460 e. The molecule has 0 aliphatic rings. The molecule has 0 heterocycles. The summed E-state index contributed by atoms with van der Waals surface area (Å²) in [6, 6.07) is 0. The number of hydrogen-bond donors (Lipinski definition) is 0. The van der Waals surface area contributed by atoms with Crippen molar-refractivity contribution in [2.75, 3.05) is 13.7 Å². The number of esters is 1. The molecule has 0 aromatic carbocycles. The van der Waals surface area contributed by atoms with Crippen LogP contribution in [-0.2, 0) is 19.1 Å². The molecule has 0 rings (SSSR count). The van der Waals surface area contributed by atoms with Crippen molar-refractivity contribution in [1.29, 1.82) is 0 Å². The highest BCUT2D eigenvalue weighted by molar-refractivity contribution is 6.62. The third-order valence-corrected chi connectivity index (χ3v) is 2.34. The van der Waals surface area contributed by atoms with E-state index < -0.39 is 17.5 Å². The number of methoxy groups -OCH3 is 1. The Bertz CT molecular complexity index is 384. The van der Waals surface area contributed by atoms with Gasteiger partial charge in [-0.2, -0.15) is 4.79 Å². The summed E-state index contributed by atoms with van der Waals surface area (Å²) < 4.78 is 9.81. The van der Waals surface area contributed by atoms with E-state index in [0.29, 0.717) is 18.9 Å². The first-order valence-corrected chi connectivity index (χ1v) is 6.02. The molecule has 1 atom stereocenters. The smallest absolute Gasteiger partial charge is 0.441 e. The number of nitrogens with zero attached hydrogens (tertiary/aromatic N) is 2. The van der Waals surface area contributed by atoms with Gasteiger partial charge in [0.05, 0.1) is 19.8 Å². The van der Waals surface area contributed by atoms with Gasteiger partial charge in [0.25, 0.3) is 5.78 Å². The Hall–Kier alpha value is -1.78. The lowest BCUT2D eigenvalue weighted by Crippen LogP contribution is -2.31. The monoisotopic (exact) mass is 268 g/mol. The van der Waals surface area contributed by atoms with Crippen LogP contribution in [-0.4, -0.2) is 42.1 Å². The predicted molar refractivity (Wildman–Crippen MR) is 69.7 cm³/mol. The van der Waals surface area contributed by atoms with Crippen LogP contribution in [0.3, 0.4) is 0 Å². The van der Waals surface area contributed by atoms with Gasteiger partial charge in [0, 0.05) is 6.42 Å². The van der Waals surface area contributed by atoms with E-state index in [1.165, 1.54) is 0 Å². The number of carbonyl (C=O) groups is 2. The molecule has 0 aliphatic carbocycles. The minimum atomic E-state index is -0.959. The van der Waals surface area contributed by atoms with Gasteiger partial charge in [-0.15, -0.1) is 6.58 Å². The summed E-state index contributed by atoms with van der Waals surface area (Å²) in [6.07, 6.45) is 1.84. The maximum atomic E-state index is 11.8. The first kappa shape index (κ1) is 17.2. The molecule has 0 N–H and O–H groups in total. The summed E-state index contributed by atoms with van der Waals surface area (Å²) in [4.78, 5) is 25.7. The van der Waals surface area contributed by atoms with Crippen LogP contribution in [0.5, 0.6) is 0 Å². The van der Waals surface area contributed by atoms with Crippen LogP contribution in [0.25, 0.3) is 5.53 Å². The first-order valence-electron chi connectivity index (χ1n) is 6.02. The van der Waals surface area contributed by atoms with Crippen LogP contribution in [0, 0.1) is 5.92 Å². The third kappa shape index (κ3) is 6.64. The molecule has 6 nitrogen and oxygen atoms in total. The first-order chi connectivity index (χ1) is 8.96. The number of ether oxygens (including phenoxy) is 2. The second-order valence-electron chi connectivity index (χ2n) is 4.44. The molecule has 0 saturated carbocycles. The Labute approximate surface area is 113 Å². The van der Waals surface area contributed by atoms with Crippen LogP contribution < -0.4 is 0 Å². The van der Waals surface area contributed by atoms with E-state index in [-0.39, 0.29) is 12.5 Å². The van der Waals surface area contributed by atoms with Crippen molar-refractivity contribution in [3.8, 4) is 0 Å². The SMILES string of the molecule is C=CCO[C@H](CC(=O)C(=[N+]=[N-])C(=O)OC)CC(C)C. The van der Waals surface area contributed by atoms with E-state index in [0.717, 1.165) is 7.11 Å². The summed E-state index contributed by atoms with van der Waals surface area (Å²) in [7, 11) is 1.11. The Morgan fingerprint density at radius 2 is 2.05 bits per heavy atom. The van der Waals surface area contributed by atoms with Crippen molar-refractivity contribution < 1.29 is 23.9 Å². The molecule has 0 saturated heterocycles. The average molecular weight is 268 g/mol. The molecular formula is C13H20N2O4. The fourth-order valence-corrected chi connectivity index (χ4v) is 1.55. The summed E-state index contributed by atoms with van der Waals surface area (Å²) in [5, 5.41) is 0. The number of hydrogen-bond acceptors (Lipinski definition) is 4. The Morgan fingerprint density at radius 3 is 2.47 bits per heavy atom. The van der Waals surface area contributed by atoms with Gasteiger partial charge >= 0.3 is 11.7 Å². The second kappa shape index (κ2) is 9.19.